The van der Waals surface area contributed by atoms with Gasteiger partial charge in [-0.2, -0.15) is 0 Å². The zero-order valence-electron chi connectivity index (χ0n) is 8.05. The fourth-order valence-electron chi connectivity index (χ4n) is 2.99. The van der Waals surface area contributed by atoms with Gasteiger partial charge in [-0.1, -0.05) is 12.0 Å². The van der Waals surface area contributed by atoms with Crippen molar-refractivity contribution in [2.75, 3.05) is 6.61 Å². The summed E-state index contributed by atoms with van der Waals surface area (Å²) in [4.78, 5) is 11.7. The summed E-state index contributed by atoms with van der Waals surface area (Å²) < 4.78 is 0. The molecule has 0 aliphatic heterocycles. The second-order valence-electron chi connectivity index (χ2n) is 4.54. The summed E-state index contributed by atoms with van der Waals surface area (Å²) in [5, 5.41) is 9.41. The van der Waals surface area contributed by atoms with Crippen LogP contribution in [0.15, 0.2) is 11.6 Å². The molecular formula is C11H16O2. The Bertz CT molecular complexity index is 267. The number of carbonyl (C=O) groups is 1. The van der Waals surface area contributed by atoms with E-state index in [-0.39, 0.29) is 23.7 Å². The Balaban J connectivity index is 2.34. The van der Waals surface area contributed by atoms with Crippen molar-refractivity contribution in [2.45, 2.75) is 32.6 Å². The van der Waals surface area contributed by atoms with Crippen molar-refractivity contribution < 1.29 is 9.90 Å². The lowest BCUT2D eigenvalue weighted by Crippen LogP contribution is -2.37. The third-order valence-electron chi connectivity index (χ3n) is 3.58. The normalized spacial score (nSPS) is 38.8. The lowest BCUT2D eigenvalue weighted by atomic mass is 9.69. The van der Waals surface area contributed by atoms with Crippen molar-refractivity contribution in [1.29, 1.82) is 0 Å². The minimum atomic E-state index is -0.0874. The Morgan fingerprint density at radius 3 is 3.15 bits per heavy atom. The van der Waals surface area contributed by atoms with Crippen LogP contribution in [0.5, 0.6) is 0 Å². The average Bonchev–Trinajstić information content (AvgIpc) is 2.48. The zero-order chi connectivity index (χ0) is 9.47. The van der Waals surface area contributed by atoms with Crippen LogP contribution >= 0.6 is 0 Å². The molecule has 1 saturated carbocycles. The molecule has 0 heterocycles. The second kappa shape index (κ2) is 2.95. The summed E-state index contributed by atoms with van der Waals surface area (Å²) in [6, 6.07) is 0. The van der Waals surface area contributed by atoms with Gasteiger partial charge >= 0.3 is 0 Å². The molecule has 2 nitrogen and oxygen atoms in total. The molecule has 0 saturated heterocycles. The van der Waals surface area contributed by atoms with Crippen molar-refractivity contribution in [1.82, 2.24) is 0 Å². The van der Waals surface area contributed by atoms with Crippen molar-refractivity contribution in [3.05, 3.63) is 11.6 Å². The molecule has 0 bridgehead atoms. The predicted molar refractivity (Wildman–Crippen MR) is 50.2 cm³/mol. The molecule has 2 unspecified atom stereocenters. The molecule has 2 rings (SSSR count). The van der Waals surface area contributed by atoms with Gasteiger partial charge in [0.05, 0.1) is 0 Å². The Labute approximate surface area is 78.6 Å². The lowest BCUT2D eigenvalue weighted by Gasteiger charge is -2.36. The van der Waals surface area contributed by atoms with Gasteiger partial charge in [-0.25, -0.2) is 0 Å². The number of fused-ring (bicyclic) bond motifs is 1. The number of hydrogen-bond donors (Lipinski definition) is 1. The Hall–Kier alpha value is -0.630. The van der Waals surface area contributed by atoms with Crippen LogP contribution in [0.25, 0.3) is 0 Å². The molecule has 13 heavy (non-hydrogen) atoms. The van der Waals surface area contributed by atoms with Gasteiger partial charge in [0.2, 0.25) is 0 Å². The lowest BCUT2D eigenvalue weighted by molar-refractivity contribution is -0.123. The van der Waals surface area contributed by atoms with E-state index in [0.29, 0.717) is 0 Å². The fraction of sp³-hybridized carbons (Fsp3) is 0.727. The Morgan fingerprint density at radius 1 is 1.69 bits per heavy atom. The van der Waals surface area contributed by atoms with Gasteiger partial charge in [0.1, 0.15) is 0 Å². The third kappa shape index (κ3) is 1.24. The van der Waals surface area contributed by atoms with Crippen molar-refractivity contribution in [2.24, 2.45) is 11.3 Å². The molecule has 2 aliphatic carbocycles. The van der Waals surface area contributed by atoms with Gasteiger partial charge < -0.3 is 5.11 Å². The molecule has 0 aromatic rings. The average molecular weight is 180 g/mol. The quantitative estimate of drug-likeness (QED) is 0.666. The van der Waals surface area contributed by atoms with E-state index in [0.717, 1.165) is 31.3 Å². The molecule has 72 valence electrons. The summed E-state index contributed by atoms with van der Waals surface area (Å²) in [7, 11) is 0. The molecule has 2 atom stereocenters. The SMILES string of the molecule is CC1=CC(=O)C2CCCC2(CO)C1. The number of aliphatic hydroxyl groups is 1. The molecule has 1 N–H and O–H groups in total. The van der Waals surface area contributed by atoms with E-state index in [9.17, 15) is 9.90 Å². The number of allylic oxidation sites excluding steroid dienone is 2. The standard InChI is InChI=1S/C11H16O2/c1-8-5-10(13)9-3-2-4-11(9,6-8)7-12/h5,9,12H,2-4,6-7H2,1H3. The summed E-state index contributed by atoms with van der Waals surface area (Å²) in [6.45, 7) is 2.17. The first kappa shape index (κ1) is 8.95. The van der Waals surface area contributed by atoms with Gasteiger partial charge in [-0.3, -0.25) is 4.79 Å². The predicted octanol–water partition coefficient (Wildman–Crippen LogP) is 1.68. The van der Waals surface area contributed by atoms with Crippen LogP contribution in [0.4, 0.5) is 0 Å². The molecule has 2 aliphatic rings. The minimum absolute atomic E-state index is 0.0874. The molecule has 0 aromatic carbocycles. The highest BCUT2D eigenvalue weighted by Crippen LogP contribution is 2.50. The maximum absolute atomic E-state index is 11.7. The number of ketones is 1. The maximum atomic E-state index is 11.7. The van der Waals surface area contributed by atoms with Crippen LogP contribution in [-0.4, -0.2) is 17.5 Å². The topological polar surface area (TPSA) is 37.3 Å². The van der Waals surface area contributed by atoms with E-state index >= 15 is 0 Å². The molecule has 0 amide bonds. The molecule has 2 heteroatoms. The van der Waals surface area contributed by atoms with Crippen molar-refractivity contribution in [3.8, 4) is 0 Å². The number of carbonyl (C=O) groups excluding carboxylic acids is 1. The van der Waals surface area contributed by atoms with Crippen molar-refractivity contribution in [3.63, 3.8) is 0 Å². The second-order valence-corrected chi connectivity index (χ2v) is 4.54. The van der Waals surface area contributed by atoms with Crippen LogP contribution in [0.3, 0.4) is 0 Å². The largest absolute Gasteiger partial charge is 0.396 e. The highest BCUT2D eigenvalue weighted by molar-refractivity contribution is 5.94. The number of hydrogen-bond acceptors (Lipinski definition) is 2. The first-order valence-electron chi connectivity index (χ1n) is 5.00. The van der Waals surface area contributed by atoms with Crippen LogP contribution in [-0.2, 0) is 4.79 Å². The van der Waals surface area contributed by atoms with Crippen LogP contribution in [0.1, 0.15) is 32.6 Å². The summed E-state index contributed by atoms with van der Waals surface area (Å²) in [5.41, 5.74) is 1.05. The van der Waals surface area contributed by atoms with Gasteiger partial charge in [-0.15, -0.1) is 0 Å². The number of rotatable bonds is 1. The summed E-state index contributed by atoms with van der Waals surface area (Å²) in [5.74, 6) is 0.358. The van der Waals surface area contributed by atoms with E-state index in [4.69, 9.17) is 0 Å². The monoisotopic (exact) mass is 180 g/mol. The van der Waals surface area contributed by atoms with E-state index in [1.165, 1.54) is 0 Å². The Kier molecular flexibility index (Phi) is 2.03. The van der Waals surface area contributed by atoms with Gasteiger partial charge in [0.15, 0.2) is 5.78 Å². The summed E-state index contributed by atoms with van der Waals surface area (Å²) >= 11 is 0. The summed E-state index contributed by atoms with van der Waals surface area (Å²) in [6.07, 6.45) is 5.77. The van der Waals surface area contributed by atoms with Gasteiger partial charge in [0.25, 0.3) is 0 Å². The molecular weight excluding hydrogens is 164 g/mol. The first-order chi connectivity index (χ1) is 6.18. The maximum Gasteiger partial charge on any atom is 0.159 e. The van der Waals surface area contributed by atoms with Crippen LogP contribution < -0.4 is 0 Å². The molecule has 1 fully saturated rings. The fourth-order valence-corrected chi connectivity index (χ4v) is 2.99. The van der Waals surface area contributed by atoms with Gasteiger partial charge in [0, 0.05) is 17.9 Å². The highest BCUT2D eigenvalue weighted by Gasteiger charge is 2.47. The van der Waals surface area contributed by atoms with Crippen LogP contribution in [0.2, 0.25) is 0 Å². The molecule has 0 spiro atoms. The van der Waals surface area contributed by atoms with Crippen molar-refractivity contribution >= 4 is 5.78 Å². The Morgan fingerprint density at radius 2 is 2.46 bits per heavy atom. The zero-order valence-corrected chi connectivity index (χ0v) is 8.05. The highest BCUT2D eigenvalue weighted by atomic mass is 16.3. The minimum Gasteiger partial charge on any atom is -0.396 e. The van der Waals surface area contributed by atoms with E-state index < -0.39 is 0 Å². The smallest absolute Gasteiger partial charge is 0.159 e. The van der Waals surface area contributed by atoms with E-state index in [1.54, 1.807) is 6.08 Å². The number of aliphatic hydroxyl groups excluding tert-OH is 1. The van der Waals surface area contributed by atoms with E-state index in [1.807, 2.05) is 6.92 Å². The third-order valence-corrected chi connectivity index (χ3v) is 3.58. The molecule has 0 radical (unpaired) electrons. The van der Waals surface area contributed by atoms with Gasteiger partial charge in [-0.05, 0) is 32.3 Å². The molecule has 0 aromatic heterocycles. The van der Waals surface area contributed by atoms with E-state index in [2.05, 4.69) is 0 Å². The van der Waals surface area contributed by atoms with Crippen LogP contribution in [0, 0.1) is 11.3 Å². The first-order valence-corrected chi connectivity index (χ1v) is 5.00.